The van der Waals surface area contributed by atoms with E-state index in [0.29, 0.717) is 0 Å². The number of furan rings is 1. The lowest BCUT2D eigenvalue weighted by atomic mass is 10.5. The van der Waals surface area contributed by atoms with E-state index in [4.69, 9.17) is 4.42 Å². The fourth-order valence-corrected chi connectivity index (χ4v) is 1.51. The smallest absolute Gasteiger partial charge is 0.113 e. The van der Waals surface area contributed by atoms with Crippen molar-refractivity contribution in [2.75, 3.05) is 5.75 Å². The minimum atomic E-state index is 1.01. The number of hydrogen-bond acceptors (Lipinski definition) is 2. The predicted molar refractivity (Wildman–Crippen MR) is 56.5 cm³/mol. The van der Waals surface area contributed by atoms with Crippen molar-refractivity contribution in [1.29, 1.82) is 0 Å². The van der Waals surface area contributed by atoms with Crippen molar-refractivity contribution >= 4 is 11.8 Å². The maximum Gasteiger partial charge on any atom is 0.113 e. The summed E-state index contributed by atoms with van der Waals surface area (Å²) in [5.74, 6) is 3.32. The van der Waals surface area contributed by atoms with Gasteiger partial charge in [0.2, 0.25) is 0 Å². The van der Waals surface area contributed by atoms with E-state index in [9.17, 15) is 0 Å². The van der Waals surface area contributed by atoms with Gasteiger partial charge in [-0.15, -0.1) is 0 Å². The van der Waals surface area contributed by atoms with Crippen molar-refractivity contribution in [1.82, 2.24) is 0 Å². The topological polar surface area (TPSA) is 13.1 Å². The van der Waals surface area contributed by atoms with Crippen LogP contribution in [-0.4, -0.2) is 5.75 Å². The minimum absolute atomic E-state index is 1.01. The van der Waals surface area contributed by atoms with Gasteiger partial charge in [0.25, 0.3) is 0 Å². The SMILES string of the molecule is CC.CCCSCc1ccco1. The highest BCUT2D eigenvalue weighted by Gasteiger charge is 1.92. The first-order chi connectivity index (χ1) is 5.93. The molecule has 12 heavy (non-hydrogen) atoms. The third-order valence-electron chi connectivity index (χ3n) is 1.17. The van der Waals surface area contributed by atoms with Crippen LogP contribution in [0.1, 0.15) is 33.0 Å². The molecule has 0 spiro atoms. The Morgan fingerprint density at radius 3 is 2.67 bits per heavy atom. The van der Waals surface area contributed by atoms with Crippen LogP contribution < -0.4 is 0 Å². The van der Waals surface area contributed by atoms with E-state index in [1.807, 2.05) is 37.7 Å². The van der Waals surface area contributed by atoms with Crippen LogP contribution >= 0.6 is 11.8 Å². The molecular formula is C10H18OS. The standard InChI is InChI=1S/C8H12OS.C2H6/c1-2-6-10-7-8-4-3-5-9-8;1-2/h3-5H,2,6-7H2,1H3;1-2H3. The van der Waals surface area contributed by atoms with Crippen LogP contribution in [0.2, 0.25) is 0 Å². The van der Waals surface area contributed by atoms with Gasteiger partial charge in [-0.3, -0.25) is 0 Å². The van der Waals surface area contributed by atoms with E-state index in [1.54, 1.807) is 6.26 Å². The summed E-state index contributed by atoms with van der Waals surface area (Å²) in [6, 6.07) is 3.95. The van der Waals surface area contributed by atoms with Gasteiger partial charge in [0.1, 0.15) is 5.76 Å². The maximum absolute atomic E-state index is 5.16. The van der Waals surface area contributed by atoms with Crippen LogP contribution in [0.4, 0.5) is 0 Å². The fraction of sp³-hybridized carbons (Fsp3) is 0.600. The van der Waals surface area contributed by atoms with Crippen LogP contribution in [0.3, 0.4) is 0 Å². The van der Waals surface area contributed by atoms with Crippen molar-refractivity contribution in [2.45, 2.75) is 32.9 Å². The average Bonchev–Trinajstić information content (AvgIpc) is 2.61. The van der Waals surface area contributed by atoms with E-state index < -0.39 is 0 Å². The molecule has 1 nitrogen and oxygen atoms in total. The molecule has 1 heterocycles. The van der Waals surface area contributed by atoms with Crippen LogP contribution in [0.25, 0.3) is 0 Å². The van der Waals surface area contributed by atoms with Gasteiger partial charge in [-0.2, -0.15) is 11.8 Å². The highest BCUT2D eigenvalue weighted by Crippen LogP contribution is 2.12. The molecule has 0 aliphatic rings. The first-order valence-electron chi connectivity index (χ1n) is 4.53. The molecule has 0 saturated carbocycles. The lowest BCUT2D eigenvalue weighted by Crippen LogP contribution is -1.77. The Morgan fingerprint density at radius 2 is 2.17 bits per heavy atom. The lowest BCUT2D eigenvalue weighted by Gasteiger charge is -1.93. The van der Waals surface area contributed by atoms with Crippen molar-refractivity contribution < 1.29 is 4.42 Å². The Hall–Kier alpha value is -0.370. The van der Waals surface area contributed by atoms with Crippen molar-refractivity contribution in [3.05, 3.63) is 24.2 Å². The van der Waals surface area contributed by atoms with Gasteiger partial charge in [-0.05, 0) is 24.3 Å². The van der Waals surface area contributed by atoms with E-state index in [0.717, 1.165) is 11.5 Å². The molecule has 0 aromatic carbocycles. The molecule has 1 aromatic heterocycles. The molecule has 2 heteroatoms. The Bertz CT molecular complexity index is 158. The molecule has 0 atom stereocenters. The summed E-state index contributed by atoms with van der Waals surface area (Å²) in [6.45, 7) is 6.19. The van der Waals surface area contributed by atoms with E-state index >= 15 is 0 Å². The number of hydrogen-bond donors (Lipinski definition) is 0. The molecular weight excluding hydrogens is 168 g/mol. The molecule has 1 rings (SSSR count). The zero-order valence-electron chi connectivity index (χ0n) is 8.17. The number of thioether (sulfide) groups is 1. The number of rotatable bonds is 4. The Kier molecular flexibility index (Phi) is 8.46. The molecule has 0 radical (unpaired) electrons. The zero-order valence-corrected chi connectivity index (χ0v) is 8.99. The highest BCUT2D eigenvalue weighted by atomic mass is 32.2. The summed E-state index contributed by atoms with van der Waals surface area (Å²) in [7, 11) is 0. The molecule has 0 aliphatic heterocycles. The van der Waals surface area contributed by atoms with E-state index in [-0.39, 0.29) is 0 Å². The normalized spacial score (nSPS) is 8.92. The maximum atomic E-state index is 5.16. The van der Waals surface area contributed by atoms with Gasteiger partial charge < -0.3 is 4.42 Å². The fourth-order valence-electron chi connectivity index (χ4n) is 0.712. The van der Waals surface area contributed by atoms with Crippen molar-refractivity contribution in [3.63, 3.8) is 0 Å². The second-order valence-corrected chi connectivity index (χ2v) is 3.24. The quantitative estimate of drug-likeness (QED) is 0.660. The monoisotopic (exact) mass is 186 g/mol. The molecule has 0 bridgehead atoms. The van der Waals surface area contributed by atoms with E-state index in [1.165, 1.54) is 12.2 Å². The van der Waals surface area contributed by atoms with Gasteiger partial charge >= 0.3 is 0 Å². The summed E-state index contributed by atoms with van der Waals surface area (Å²) in [5.41, 5.74) is 0. The molecule has 70 valence electrons. The van der Waals surface area contributed by atoms with Gasteiger partial charge in [-0.1, -0.05) is 20.8 Å². The second kappa shape index (κ2) is 8.72. The third-order valence-corrected chi connectivity index (χ3v) is 2.36. The molecule has 1 aromatic rings. The van der Waals surface area contributed by atoms with Gasteiger partial charge in [0, 0.05) is 0 Å². The summed E-state index contributed by atoms with van der Waals surface area (Å²) in [5, 5.41) is 0. The molecule has 0 amide bonds. The largest absolute Gasteiger partial charge is 0.468 e. The zero-order chi connectivity index (χ0) is 9.23. The summed E-state index contributed by atoms with van der Waals surface area (Å²) in [4.78, 5) is 0. The third kappa shape index (κ3) is 5.30. The van der Waals surface area contributed by atoms with Crippen LogP contribution in [-0.2, 0) is 5.75 Å². The summed E-state index contributed by atoms with van der Waals surface area (Å²) >= 11 is 1.92. The Balaban J connectivity index is 0.000000561. The first kappa shape index (κ1) is 11.6. The van der Waals surface area contributed by atoms with Gasteiger partial charge in [0.05, 0.1) is 12.0 Å². The minimum Gasteiger partial charge on any atom is -0.468 e. The highest BCUT2D eigenvalue weighted by molar-refractivity contribution is 7.98. The molecule has 0 N–H and O–H groups in total. The summed E-state index contributed by atoms with van der Waals surface area (Å²) < 4.78 is 5.16. The molecule has 0 saturated heterocycles. The second-order valence-electron chi connectivity index (χ2n) is 2.13. The van der Waals surface area contributed by atoms with Crippen LogP contribution in [0, 0.1) is 0 Å². The van der Waals surface area contributed by atoms with Gasteiger partial charge in [0.15, 0.2) is 0 Å². The molecule has 0 fully saturated rings. The van der Waals surface area contributed by atoms with Crippen LogP contribution in [0.15, 0.2) is 22.8 Å². The Morgan fingerprint density at radius 1 is 1.42 bits per heavy atom. The van der Waals surface area contributed by atoms with Gasteiger partial charge in [-0.25, -0.2) is 0 Å². The molecule has 0 aliphatic carbocycles. The summed E-state index contributed by atoms with van der Waals surface area (Å²) in [6.07, 6.45) is 2.97. The first-order valence-corrected chi connectivity index (χ1v) is 5.69. The predicted octanol–water partition coefficient (Wildman–Crippen LogP) is 3.95. The van der Waals surface area contributed by atoms with Crippen molar-refractivity contribution in [2.24, 2.45) is 0 Å². The van der Waals surface area contributed by atoms with Crippen LogP contribution in [0.5, 0.6) is 0 Å². The molecule has 0 unspecified atom stereocenters. The average molecular weight is 186 g/mol. The Labute approximate surface area is 79.5 Å². The van der Waals surface area contributed by atoms with E-state index in [2.05, 4.69) is 6.92 Å². The lowest BCUT2D eigenvalue weighted by molar-refractivity contribution is 0.530. The van der Waals surface area contributed by atoms with Crippen molar-refractivity contribution in [3.8, 4) is 0 Å².